The maximum Gasteiger partial charge on any atom is 0.196 e. The lowest BCUT2D eigenvalue weighted by atomic mass is 10.2. The Kier molecular flexibility index (Phi) is 5.71. The van der Waals surface area contributed by atoms with Gasteiger partial charge in [0.05, 0.1) is 19.9 Å². The zero-order valence-electron chi connectivity index (χ0n) is 12.2. The van der Waals surface area contributed by atoms with Crippen molar-refractivity contribution < 1.29 is 18.3 Å². The minimum absolute atomic E-state index is 0.187. The zero-order chi connectivity index (χ0) is 15.1. The van der Waals surface area contributed by atoms with E-state index < -0.39 is 5.82 Å². The van der Waals surface area contributed by atoms with Crippen LogP contribution in [0.2, 0.25) is 0 Å². The molecule has 1 aromatic carbocycles. The number of aromatic nitrogens is 1. The number of hydrogen-bond acceptors (Lipinski definition) is 5. The zero-order valence-corrected chi connectivity index (χ0v) is 12.2. The van der Waals surface area contributed by atoms with Gasteiger partial charge >= 0.3 is 0 Å². The van der Waals surface area contributed by atoms with Gasteiger partial charge in [-0.3, -0.25) is 0 Å². The van der Waals surface area contributed by atoms with Crippen molar-refractivity contribution in [1.29, 1.82) is 0 Å². The van der Waals surface area contributed by atoms with E-state index in [0.29, 0.717) is 24.7 Å². The highest BCUT2D eigenvalue weighted by molar-refractivity contribution is 5.59. The lowest BCUT2D eigenvalue weighted by molar-refractivity contribution is 0.199. The smallest absolute Gasteiger partial charge is 0.196 e. The standard InChI is InChI=1S/C15H19FN2O3/c1-19-8-7-17-6-5-15-18-10-14(21-15)11-3-4-12(16)13(9-11)20-2/h3-4,9-10,17H,5-8H2,1-2H3. The van der Waals surface area contributed by atoms with Gasteiger partial charge in [0.2, 0.25) is 0 Å². The summed E-state index contributed by atoms with van der Waals surface area (Å²) in [5, 5.41) is 3.21. The number of rotatable bonds is 8. The maximum absolute atomic E-state index is 13.4. The topological polar surface area (TPSA) is 56.5 Å². The first-order chi connectivity index (χ1) is 10.2. The minimum Gasteiger partial charge on any atom is -0.494 e. The normalized spacial score (nSPS) is 10.8. The first-order valence-corrected chi connectivity index (χ1v) is 6.73. The van der Waals surface area contributed by atoms with Gasteiger partial charge in [-0.1, -0.05) is 0 Å². The summed E-state index contributed by atoms with van der Waals surface area (Å²) < 4.78 is 28.9. The molecule has 1 heterocycles. The number of nitrogens with one attached hydrogen (secondary N) is 1. The third-order valence-corrected chi connectivity index (χ3v) is 2.99. The van der Waals surface area contributed by atoms with Gasteiger partial charge in [0.25, 0.3) is 0 Å². The third kappa shape index (κ3) is 4.27. The van der Waals surface area contributed by atoms with Crippen molar-refractivity contribution in [2.45, 2.75) is 6.42 Å². The fourth-order valence-corrected chi connectivity index (χ4v) is 1.87. The summed E-state index contributed by atoms with van der Waals surface area (Å²) in [5.41, 5.74) is 0.736. The molecule has 0 aliphatic heterocycles. The molecule has 1 N–H and O–H groups in total. The molecule has 0 spiro atoms. The number of hydrogen-bond donors (Lipinski definition) is 1. The molecule has 2 rings (SSSR count). The van der Waals surface area contributed by atoms with Gasteiger partial charge in [0.15, 0.2) is 23.2 Å². The molecule has 0 unspecified atom stereocenters. The predicted octanol–water partition coefficient (Wildman–Crippen LogP) is 2.27. The summed E-state index contributed by atoms with van der Waals surface area (Å²) in [6.07, 6.45) is 2.32. The lowest BCUT2D eigenvalue weighted by Crippen LogP contribution is -2.21. The number of methoxy groups -OCH3 is 2. The van der Waals surface area contributed by atoms with Gasteiger partial charge in [-0.15, -0.1) is 0 Å². The van der Waals surface area contributed by atoms with E-state index in [0.717, 1.165) is 18.7 Å². The molecule has 0 aliphatic rings. The highest BCUT2D eigenvalue weighted by Gasteiger charge is 2.10. The second-order valence-electron chi connectivity index (χ2n) is 4.46. The Hall–Kier alpha value is -1.92. The second-order valence-corrected chi connectivity index (χ2v) is 4.46. The molecule has 0 atom stereocenters. The highest BCUT2D eigenvalue weighted by atomic mass is 19.1. The van der Waals surface area contributed by atoms with Crippen LogP contribution >= 0.6 is 0 Å². The molecule has 21 heavy (non-hydrogen) atoms. The third-order valence-electron chi connectivity index (χ3n) is 2.99. The summed E-state index contributed by atoms with van der Waals surface area (Å²) in [6, 6.07) is 4.58. The van der Waals surface area contributed by atoms with Crippen LogP contribution in [-0.2, 0) is 11.2 Å². The maximum atomic E-state index is 13.4. The van der Waals surface area contributed by atoms with E-state index in [2.05, 4.69) is 10.3 Å². The number of oxazole rings is 1. The minimum atomic E-state index is -0.400. The van der Waals surface area contributed by atoms with Crippen LogP contribution in [0.5, 0.6) is 5.75 Å². The van der Waals surface area contributed by atoms with Gasteiger partial charge < -0.3 is 19.2 Å². The summed E-state index contributed by atoms with van der Waals surface area (Å²) >= 11 is 0. The molecule has 0 radical (unpaired) electrons. The number of halogens is 1. The van der Waals surface area contributed by atoms with E-state index in [-0.39, 0.29) is 5.75 Å². The SMILES string of the molecule is COCCNCCc1ncc(-c2ccc(F)c(OC)c2)o1. The lowest BCUT2D eigenvalue weighted by Gasteiger charge is -2.03. The van der Waals surface area contributed by atoms with E-state index in [1.165, 1.54) is 13.2 Å². The van der Waals surface area contributed by atoms with Crippen LogP contribution in [0.1, 0.15) is 5.89 Å². The first-order valence-electron chi connectivity index (χ1n) is 6.73. The Morgan fingerprint density at radius 3 is 2.90 bits per heavy atom. The Balaban J connectivity index is 1.96. The van der Waals surface area contributed by atoms with Crippen molar-refractivity contribution in [2.24, 2.45) is 0 Å². The van der Waals surface area contributed by atoms with Crippen LogP contribution in [0.3, 0.4) is 0 Å². The van der Waals surface area contributed by atoms with Gasteiger partial charge in [0, 0.05) is 32.2 Å². The van der Waals surface area contributed by atoms with Gasteiger partial charge in [0.1, 0.15) is 0 Å². The average molecular weight is 294 g/mol. The molecule has 5 nitrogen and oxygen atoms in total. The molecule has 0 aliphatic carbocycles. The fraction of sp³-hybridized carbons (Fsp3) is 0.400. The van der Waals surface area contributed by atoms with E-state index in [4.69, 9.17) is 13.9 Å². The molecule has 0 amide bonds. The van der Waals surface area contributed by atoms with Crippen LogP contribution in [0.15, 0.2) is 28.8 Å². The van der Waals surface area contributed by atoms with Crippen molar-refractivity contribution in [1.82, 2.24) is 10.3 Å². The molecule has 0 saturated heterocycles. The van der Waals surface area contributed by atoms with Crippen molar-refractivity contribution in [3.63, 3.8) is 0 Å². The molecule has 0 saturated carbocycles. The van der Waals surface area contributed by atoms with Gasteiger partial charge in [-0.2, -0.15) is 0 Å². The van der Waals surface area contributed by atoms with Crippen LogP contribution < -0.4 is 10.1 Å². The van der Waals surface area contributed by atoms with Crippen molar-refractivity contribution in [3.8, 4) is 17.1 Å². The van der Waals surface area contributed by atoms with E-state index >= 15 is 0 Å². The highest BCUT2D eigenvalue weighted by Crippen LogP contribution is 2.26. The molecular weight excluding hydrogens is 275 g/mol. The number of benzene rings is 1. The van der Waals surface area contributed by atoms with E-state index in [1.807, 2.05) is 0 Å². The van der Waals surface area contributed by atoms with Crippen LogP contribution in [0, 0.1) is 5.82 Å². The average Bonchev–Trinajstić information content (AvgIpc) is 2.96. The molecule has 114 valence electrons. The van der Waals surface area contributed by atoms with Crippen LogP contribution in [-0.4, -0.2) is 38.9 Å². The quantitative estimate of drug-likeness (QED) is 0.757. The van der Waals surface area contributed by atoms with E-state index in [1.54, 1.807) is 25.4 Å². The molecule has 2 aromatic rings. The Bertz CT molecular complexity index is 572. The monoisotopic (exact) mass is 294 g/mol. The molecule has 1 aromatic heterocycles. The summed E-state index contributed by atoms with van der Waals surface area (Å²) in [5.74, 6) is 1.02. The molecule has 0 bridgehead atoms. The van der Waals surface area contributed by atoms with Crippen molar-refractivity contribution in [3.05, 3.63) is 36.1 Å². The number of nitrogens with zero attached hydrogens (tertiary/aromatic N) is 1. The Labute approximate surface area is 123 Å². The van der Waals surface area contributed by atoms with Gasteiger partial charge in [-0.05, 0) is 18.2 Å². The molecular formula is C15H19FN2O3. The van der Waals surface area contributed by atoms with Crippen molar-refractivity contribution in [2.75, 3.05) is 33.9 Å². The predicted molar refractivity (Wildman–Crippen MR) is 76.9 cm³/mol. The fourth-order valence-electron chi connectivity index (χ4n) is 1.87. The number of ether oxygens (including phenoxy) is 2. The summed E-state index contributed by atoms with van der Waals surface area (Å²) in [4.78, 5) is 4.22. The van der Waals surface area contributed by atoms with E-state index in [9.17, 15) is 4.39 Å². The summed E-state index contributed by atoms with van der Waals surface area (Å²) in [7, 11) is 3.10. The van der Waals surface area contributed by atoms with Gasteiger partial charge in [-0.25, -0.2) is 9.37 Å². The largest absolute Gasteiger partial charge is 0.494 e. The van der Waals surface area contributed by atoms with Crippen LogP contribution in [0.4, 0.5) is 4.39 Å². The molecule has 6 heteroatoms. The Morgan fingerprint density at radius 1 is 1.29 bits per heavy atom. The summed E-state index contributed by atoms with van der Waals surface area (Å²) in [6.45, 7) is 2.22. The van der Waals surface area contributed by atoms with Crippen LogP contribution in [0.25, 0.3) is 11.3 Å². The first kappa shape index (κ1) is 15.5. The Morgan fingerprint density at radius 2 is 2.14 bits per heavy atom. The second kappa shape index (κ2) is 7.75. The van der Waals surface area contributed by atoms with Crippen molar-refractivity contribution >= 4 is 0 Å². The molecule has 0 fully saturated rings.